The smallest absolute Gasteiger partial charge is 0.252 e. The maximum Gasteiger partial charge on any atom is 0.252 e. The van der Waals surface area contributed by atoms with Gasteiger partial charge in [-0.1, -0.05) is 0 Å². The van der Waals surface area contributed by atoms with Crippen LogP contribution in [0.25, 0.3) is 0 Å². The van der Waals surface area contributed by atoms with E-state index in [1.54, 1.807) is 25.3 Å². The summed E-state index contributed by atoms with van der Waals surface area (Å²) in [6.07, 6.45) is 1.35. The van der Waals surface area contributed by atoms with Crippen molar-refractivity contribution in [3.05, 3.63) is 23.8 Å². The largest absolute Gasteiger partial charge is 0.497 e. The summed E-state index contributed by atoms with van der Waals surface area (Å²) in [6, 6.07) is 4.43. The Labute approximate surface area is 137 Å². The fourth-order valence-corrected chi connectivity index (χ4v) is 2.03. The number of nitrogens with one attached hydrogen (secondary N) is 2. The minimum Gasteiger partial charge on any atom is -0.497 e. The van der Waals surface area contributed by atoms with Crippen molar-refractivity contribution >= 4 is 34.9 Å². The maximum atomic E-state index is 11.6. The number of carbonyl (C=O) groups excluding carboxylic acids is 2. The molecule has 1 heterocycles. The minimum atomic E-state index is -0.826. The zero-order chi connectivity index (χ0) is 16.8. The van der Waals surface area contributed by atoms with Gasteiger partial charge in [0.2, 0.25) is 11.2 Å². The van der Waals surface area contributed by atoms with Crippen molar-refractivity contribution in [1.29, 1.82) is 0 Å². The molecule has 0 aliphatic carbocycles. The van der Waals surface area contributed by atoms with Crippen LogP contribution >= 0.6 is 11.6 Å². The molecule has 1 amide bonds. The molecule has 122 valence electrons. The summed E-state index contributed by atoms with van der Waals surface area (Å²) in [5, 5.41) is 5.82. The van der Waals surface area contributed by atoms with Crippen molar-refractivity contribution in [2.75, 3.05) is 14.2 Å². The van der Waals surface area contributed by atoms with E-state index in [1.807, 2.05) is 0 Å². The van der Waals surface area contributed by atoms with Gasteiger partial charge in [0.25, 0.3) is 5.91 Å². The van der Waals surface area contributed by atoms with Crippen LogP contribution < -0.4 is 20.2 Å². The molecule has 0 aromatic heterocycles. The molecule has 1 aliphatic heterocycles. The zero-order valence-electron chi connectivity index (χ0n) is 12.5. The molecule has 0 saturated heterocycles. The van der Waals surface area contributed by atoms with Crippen molar-refractivity contribution in [3.8, 4) is 11.5 Å². The van der Waals surface area contributed by atoms with Crippen LogP contribution in [0.15, 0.2) is 28.3 Å². The number of hydrogen-bond donors (Lipinski definition) is 2. The van der Waals surface area contributed by atoms with Crippen molar-refractivity contribution < 1.29 is 19.1 Å². The van der Waals surface area contributed by atoms with Crippen molar-refractivity contribution in [1.82, 2.24) is 10.7 Å². The molecule has 2 rings (SSSR count). The zero-order valence-corrected chi connectivity index (χ0v) is 13.3. The molecule has 8 nitrogen and oxygen atoms in total. The third kappa shape index (κ3) is 4.43. The van der Waals surface area contributed by atoms with Gasteiger partial charge in [0.15, 0.2) is 0 Å². The number of halogens is 1. The summed E-state index contributed by atoms with van der Waals surface area (Å²) >= 11 is 5.25. The van der Waals surface area contributed by atoms with Crippen molar-refractivity contribution in [3.63, 3.8) is 0 Å². The third-order valence-electron chi connectivity index (χ3n) is 3.00. The van der Waals surface area contributed by atoms with Gasteiger partial charge < -0.3 is 9.47 Å². The van der Waals surface area contributed by atoms with Crippen LogP contribution in [0.3, 0.4) is 0 Å². The van der Waals surface area contributed by atoms with E-state index in [-0.39, 0.29) is 12.4 Å². The average molecular weight is 339 g/mol. The molecule has 9 heteroatoms. The van der Waals surface area contributed by atoms with Gasteiger partial charge in [0, 0.05) is 11.6 Å². The Morgan fingerprint density at radius 2 is 2.26 bits per heavy atom. The monoisotopic (exact) mass is 338 g/mol. The first kappa shape index (κ1) is 16.8. The molecule has 2 N–H and O–H groups in total. The Morgan fingerprint density at radius 3 is 2.91 bits per heavy atom. The van der Waals surface area contributed by atoms with E-state index in [4.69, 9.17) is 21.1 Å². The Bertz CT molecular complexity index is 675. The van der Waals surface area contributed by atoms with Crippen LogP contribution in [0.4, 0.5) is 0 Å². The molecule has 23 heavy (non-hydrogen) atoms. The number of guanidine groups is 1. The van der Waals surface area contributed by atoms with E-state index in [9.17, 15) is 9.59 Å². The van der Waals surface area contributed by atoms with Gasteiger partial charge in [0.05, 0.1) is 26.9 Å². The lowest BCUT2D eigenvalue weighted by Crippen LogP contribution is -2.35. The second-order valence-electron chi connectivity index (χ2n) is 4.52. The van der Waals surface area contributed by atoms with Crippen LogP contribution in [-0.4, -0.2) is 43.6 Å². The first-order valence-electron chi connectivity index (χ1n) is 6.61. The SMILES string of the molecule is COc1ccc(C=NNC2=NC(CC(=O)Cl)C(=O)N2)c(OC)c1. The number of nitrogens with zero attached hydrogens (tertiary/aromatic N) is 2. The fourth-order valence-electron chi connectivity index (χ4n) is 1.88. The maximum absolute atomic E-state index is 11.6. The Kier molecular flexibility index (Phi) is 5.53. The number of hydrogen-bond acceptors (Lipinski definition) is 7. The van der Waals surface area contributed by atoms with E-state index in [0.29, 0.717) is 17.1 Å². The number of hydrazone groups is 1. The second-order valence-corrected chi connectivity index (χ2v) is 4.94. The molecule has 1 aromatic carbocycles. The van der Waals surface area contributed by atoms with Crippen molar-refractivity contribution in [2.24, 2.45) is 10.1 Å². The predicted octanol–water partition coefficient (Wildman–Crippen LogP) is 0.637. The highest BCUT2D eigenvalue weighted by molar-refractivity contribution is 6.63. The molecule has 0 radical (unpaired) electrons. The standard InChI is InChI=1S/C14H15ClN4O4/c1-22-9-4-3-8(11(5-9)23-2)7-16-19-14-17-10(6-12(15)20)13(21)18-14/h3-5,7,10H,6H2,1-2H3,(H2,17,18,19,21). The van der Waals surface area contributed by atoms with Gasteiger partial charge in [-0.2, -0.15) is 5.10 Å². The topological polar surface area (TPSA) is 101 Å². The number of methoxy groups -OCH3 is 2. The summed E-state index contributed by atoms with van der Waals surface area (Å²) in [7, 11) is 3.10. The van der Waals surface area contributed by atoms with Crippen LogP contribution in [0.1, 0.15) is 12.0 Å². The summed E-state index contributed by atoms with van der Waals surface area (Å²) in [5.41, 5.74) is 3.30. The van der Waals surface area contributed by atoms with Gasteiger partial charge in [0.1, 0.15) is 17.5 Å². The quantitative estimate of drug-likeness (QED) is 0.450. The van der Waals surface area contributed by atoms with Gasteiger partial charge in [-0.25, -0.2) is 10.4 Å². The summed E-state index contributed by atoms with van der Waals surface area (Å²) in [4.78, 5) is 26.4. The van der Waals surface area contributed by atoms with Gasteiger partial charge in [-0.3, -0.25) is 14.9 Å². The highest BCUT2D eigenvalue weighted by atomic mass is 35.5. The number of amides is 1. The molecule has 0 bridgehead atoms. The molecule has 1 atom stereocenters. The van der Waals surface area contributed by atoms with E-state index in [1.165, 1.54) is 13.3 Å². The van der Waals surface area contributed by atoms with E-state index >= 15 is 0 Å². The van der Waals surface area contributed by atoms with E-state index in [0.717, 1.165) is 0 Å². The van der Waals surface area contributed by atoms with Crippen LogP contribution in [0, 0.1) is 0 Å². The number of aliphatic imine (C=N–C) groups is 1. The highest BCUT2D eigenvalue weighted by Crippen LogP contribution is 2.22. The molecule has 0 spiro atoms. The van der Waals surface area contributed by atoms with Crippen molar-refractivity contribution in [2.45, 2.75) is 12.5 Å². The van der Waals surface area contributed by atoms with Gasteiger partial charge >= 0.3 is 0 Å². The Hall–Kier alpha value is -2.61. The van der Waals surface area contributed by atoms with Crippen LogP contribution in [-0.2, 0) is 9.59 Å². The molecule has 0 saturated carbocycles. The normalized spacial score (nSPS) is 16.9. The number of rotatable bonds is 6. The van der Waals surface area contributed by atoms with E-state index < -0.39 is 17.2 Å². The number of ether oxygens (including phenoxy) is 2. The van der Waals surface area contributed by atoms with E-state index in [2.05, 4.69) is 20.8 Å². The van der Waals surface area contributed by atoms with Gasteiger partial charge in [-0.15, -0.1) is 0 Å². The van der Waals surface area contributed by atoms with Crippen LogP contribution in [0.5, 0.6) is 11.5 Å². The first-order chi connectivity index (χ1) is 11.0. The minimum absolute atomic E-state index is 0.154. The van der Waals surface area contributed by atoms with Crippen LogP contribution in [0.2, 0.25) is 0 Å². The molecule has 0 fully saturated rings. The lowest BCUT2D eigenvalue weighted by atomic mass is 10.2. The highest BCUT2D eigenvalue weighted by Gasteiger charge is 2.27. The molecule has 1 unspecified atom stereocenters. The van der Waals surface area contributed by atoms with Gasteiger partial charge in [-0.05, 0) is 23.7 Å². The Morgan fingerprint density at radius 1 is 1.48 bits per heavy atom. The predicted molar refractivity (Wildman–Crippen MR) is 85.1 cm³/mol. The third-order valence-corrected chi connectivity index (χ3v) is 3.15. The summed E-state index contributed by atoms with van der Waals surface area (Å²) in [6.45, 7) is 0. The molecule has 1 aliphatic rings. The number of carbonyl (C=O) groups is 2. The molecule has 1 aromatic rings. The average Bonchev–Trinajstić information content (AvgIpc) is 2.86. The lowest BCUT2D eigenvalue weighted by molar-refractivity contribution is -0.122. The lowest BCUT2D eigenvalue weighted by Gasteiger charge is -2.06. The number of benzene rings is 1. The summed E-state index contributed by atoms with van der Waals surface area (Å²) in [5.74, 6) is 0.992. The summed E-state index contributed by atoms with van der Waals surface area (Å²) < 4.78 is 10.3. The molecular formula is C14H15ClN4O4. The Balaban J connectivity index is 2.02. The fraction of sp³-hybridized carbons (Fsp3) is 0.286. The molecular weight excluding hydrogens is 324 g/mol. The first-order valence-corrected chi connectivity index (χ1v) is 6.99. The second kappa shape index (κ2) is 7.59.